The quantitative estimate of drug-likeness (QED) is 0.647. The molecule has 2 aromatic carbocycles. The summed E-state index contributed by atoms with van der Waals surface area (Å²) in [5, 5.41) is 8.70. The van der Waals surface area contributed by atoms with Gasteiger partial charge in [-0.15, -0.1) is 0 Å². The summed E-state index contributed by atoms with van der Waals surface area (Å²) in [6.07, 6.45) is 3.91. The molecule has 1 fully saturated rings. The molecule has 0 bridgehead atoms. The number of carboxylic acid groups (broad SMARTS) is 1. The van der Waals surface area contributed by atoms with E-state index in [1.54, 1.807) is 19.2 Å². The lowest BCUT2D eigenvalue weighted by atomic mass is 9.86. The fourth-order valence-corrected chi connectivity index (χ4v) is 3.32. The molecule has 1 aliphatic rings. The molecule has 6 heteroatoms. The Kier molecular flexibility index (Phi) is 6.49. The van der Waals surface area contributed by atoms with Crippen LogP contribution < -0.4 is 9.64 Å². The van der Waals surface area contributed by atoms with E-state index in [1.807, 2.05) is 12.1 Å². The molecule has 2 aromatic rings. The van der Waals surface area contributed by atoms with Crippen LogP contribution in [0.1, 0.15) is 32.1 Å². The monoisotopic (exact) mass is 389 g/mol. The van der Waals surface area contributed by atoms with Gasteiger partial charge in [-0.3, -0.25) is 4.79 Å². The first-order valence-electron chi connectivity index (χ1n) is 9.59. The molecule has 0 atom stereocenters. The first-order valence-corrected chi connectivity index (χ1v) is 9.59. The second-order valence-corrected chi connectivity index (χ2v) is 7.34. The summed E-state index contributed by atoms with van der Waals surface area (Å²) >= 11 is 0. The van der Waals surface area contributed by atoms with Gasteiger partial charge in [0, 0.05) is 20.0 Å². The summed E-state index contributed by atoms with van der Waals surface area (Å²) < 4.78 is 35.0. The van der Waals surface area contributed by atoms with Gasteiger partial charge in [0.05, 0.1) is 6.61 Å². The fourth-order valence-electron chi connectivity index (χ4n) is 3.32. The summed E-state index contributed by atoms with van der Waals surface area (Å²) in [7, 11) is 1.55. The van der Waals surface area contributed by atoms with Gasteiger partial charge in [0.1, 0.15) is 23.1 Å². The minimum atomic E-state index is -0.927. The second kappa shape index (κ2) is 9.04. The molecule has 1 N–H and O–H groups in total. The van der Waals surface area contributed by atoms with Gasteiger partial charge in [-0.05, 0) is 60.6 Å². The lowest BCUT2D eigenvalue weighted by Gasteiger charge is -2.25. The minimum Gasteiger partial charge on any atom is -0.493 e. The SMILES string of the molecule is CN(CCCC(=O)O)c1c(F)cc(-c2cccc(OCC3CCC3)c2)cc1F. The predicted octanol–water partition coefficient (Wildman–Crippen LogP) is 5.11. The van der Waals surface area contributed by atoms with Crippen LogP contribution in [0.15, 0.2) is 36.4 Å². The topological polar surface area (TPSA) is 49.8 Å². The molecule has 0 aliphatic heterocycles. The minimum absolute atomic E-state index is 0.0424. The maximum absolute atomic E-state index is 14.6. The molecule has 0 radical (unpaired) electrons. The van der Waals surface area contributed by atoms with Crippen molar-refractivity contribution >= 4 is 11.7 Å². The van der Waals surface area contributed by atoms with Crippen LogP contribution in [0.3, 0.4) is 0 Å². The highest BCUT2D eigenvalue weighted by Gasteiger charge is 2.19. The first kappa shape index (κ1) is 20.1. The number of hydrogen-bond acceptors (Lipinski definition) is 3. The Labute approximate surface area is 163 Å². The summed E-state index contributed by atoms with van der Waals surface area (Å²) in [6, 6.07) is 9.85. The van der Waals surface area contributed by atoms with E-state index in [0.717, 1.165) is 0 Å². The molecule has 1 saturated carbocycles. The summed E-state index contributed by atoms with van der Waals surface area (Å²) in [6.45, 7) is 0.927. The van der Waals surface area contributed by atoms with E-state index >= 15 is 0 Å². The fraction of sp³-hybridized carbons (Fsp3) is 0.409. The van der Waals surface area contributed by atoms with Crippen molar-refractivity contribution in [3.05, 3.63) is 48.0 Å². The van der Waals surface area contributed by atoms with Crippen LogP contribution in [-0.2, 0) is 4.79 Å². The van der Waals surface area contributed by atoms with E-state index in [2.05, 4.69) is 0 Å². The maximum Gasteiger partial charge on any atom is 0.303 e. The lowest BCUT2D eigenvalue weighted by molar-refractivity contribution is -0.137. The van der Waals surface area contributed by atoms with Crippen LogP contribution >= 0.6 is 0 Å². The third-order valence-electron chi connectivity index (χ3n) is 5.16. The number of carboxylic acids is 1. The number of anilines is 1. The molecule has 0 aromatic heterocycles. The van der Waals surface area contributed by atoms with E-state index in [9.17, 15) is 13.6 Å². The standard InChI is InChI=1S/C22H25F2NO3/c1-25(10-4-9-21(26)27)22-19(23)12-17(13-20(22)24)16-7-3-8-18(11-16)28-14-15-5-2-6-15/h3,7-8,11-13,15H,2,4-6,9-10,14H2,1H3,(H,26,27). The molecule has 4 nitrogen and oxygen atoms in total. The van der Waals surface area contributed by atoms with Crippen LogP contribution in [0.4, 0.5) is 14.5 Å². The third-order valence-corrected chi connectivity index (χ3v) is 5.16. The Balaban J connectivity index is 1.73. The molecule has 3 rings (SSSR count). The Morgan fingerprint density at radius 3 is 2.50 bits per heavy atom. The Hall–Kier alpha value is -2.63. The molecule has 0 spiro atoms. The maximum atomic E-state index is 14.6. The smallest absolute Gasteiger partial charge is 0.303 e. The lowest BCUT2D eigenvalue weighted by Crippen LogP contribution is -2.21. The Morgan fingerprint density at radius 2 is 1.89 bits per heavy atom. The molecule has 0 saturated heterocycles. The van der Waals surface area contributed by atoms with Crippen molar-refractivity contribution in [2.24, 2.45) is 5.92 Å². The summed E-state index contributed by atoms with van der Waals surface area (Å²) in [5.74, 6) is -0.971. The van der Waals surface area contributed by atoms with Crippen LogP contribution in [0.25, 0.3) is 11.1 Å². The number of rotatable bonds is 9. The molecule has 0 unspecified atom stereocenters. The highest BCUT2D eigenvalue weighted by atomic mass is 19.1. The van der Waals surface area contributed by atoms with E-state index in [0.29, 0.717) is 35.8 Å². The molecule has 0 heterocycles. The number of nitrogens with zero attached hydrogens (tertiary/aromatic N) is 1. The number of hydrogen-bond donors (Lipinski definition) is 1. The molecule has 150 valence electrons. The van der Waals surface area contributed by atoms with Crippen molar-refractivity contribution in [2.75, 3.05) is 25.1 Å². The van der Waals surface area contributed by atoms with Crippen molar-refractivity contribution in [2.45, 2.75) is 32.1 Å². The summed E-state index contributed by atoms with van der Waals surface area (Å²) in [4.78, 5) is 12.0. The first-order chi connectivity index (χ1) is 13.4. The largest absolute Gasteiger partial charge is 0.493 e. The van der Waals surface area contributed by atoms with E-state index < -0.39 is 17.6 Å². The number of ether oxygens (including phenoxy) is 1. The van der Waals surface area contributed by atoms with Crippen LogP contribution in [0, 0.1) is 17.6 Å². The molecule has 1 aliphatic carbocycles. The van der Waals surface area contributed by atoms with Gasteiger partial charge in [0.2, 0.25) is 0 Å². The van der Waals surface area contributed by atoms with E-state index in [-0.39, 0.29) is 18.7 Å². The average Bonchev–Trinajstić information content (AvgIpc) is 2.59. The molecular formula is C22H25F2NO3. The van der Waals surface area contributed by atoms with Crippen molar-refractivity contribution in [3.63, 3.8) is 0 Å². The number of carbonyl (C=O) groups is 1. The highest BCUT2D eigenvalue weighted by molar-refractivity contribution is 5.69. The van der Waals surface area contributed by atoms with Crippen LogP contribution in [-0.4, -0.2) is 31.3 Å². The predicted molar refractivity (Wildman–Crippen MR) is 105 cm³/mol. The average molecular weight is 389 g/mol. The molecule has 28 heavy (non-hydrogen) atoms. The van der Waals surface area contributed by atoms with Gasteiger partial charge in [0.25, 0.3) is 0 Å². The van der Waals surface area contributed by atoms with Gasteiger partial charge in [0.15, 0.2) is 0 Å². The highest BCUT2D eigenvalue weighted by Crippen LogP contribution is 2.32. The number of benzene rings is 2. The zero-order valence-corrected chi connectivity index (χ0v) is 16.0. The van der Waals surface area contributed by atoms with Crippen LogP contribution in [0.2, 0.25) is 0 Å². The Morgan fingerprint density at radius 1 is 1.18 bits per heavy atom. The zero-order valence-electron chi connectivity index (χ0n) is 16.0. The van der Waals surface area contributed by atoms with Gasteiger partial charge >= 0.3 is 5.97 Å². The van der Waals surface area contributed by atoms with E-state index in [4.69, 9.17) is 9.84 Å². The summed E-state index contributed by atoms with van der Waals surface area (Å²) in [5.41, 5.74) is 0.974. The number of aliphatic carboxylic acids is 1. The van der Waals surface area contributed by atoms with E-state index in [1.165, 1.54) is 36.3 Å². The Bertz CT molecular complexity index is 813. The normalized spacial score (nSPS) is 13.8. The molecule has 0 amide bonds. The van der Waals surface area contributed by atoms with Crippen molar-refractivity contribution in [1.82, 2.24) is 0 Å². The van der Waals surface area contributed by atoms with Gasteiger partial charge in [-0.2, -0.15) is 0 Å². The van der Waals surface area contributed by atoms with Crippen molar-refractivity contribution in [3.8, 4) is 16.9 Å². The van der Waals surface area contributed by atoms with Gasteiger partial charge in [-0.1, -0.05) is 18.6 Å². The third kappa shape index (κ3) is 5.00. The van der Waals surface area contributed by atoms with Gasteiger partial charge < -0.3 is 14.7 Å². The molecular weight excluding hydrogens is 364 g/mol. The number of halogens is 2. The second-order valence-electron chi connectivity index (χ2n) is 7.34. The zero-order chi connectivity index (χ0) is 20.1. The van der Waals surface area contributed by atoms with Crippen molar-refractivity contribution < 1.29 is 23.4 Å². The van der Waals surface area contributed by atoms with Gasteiger partial charge in [-0.25, -0.2) is 8.78 Å². The van der Waals surface area contributed by atoms with Crippen molar-refractivity contribution in [1.29, 1.82) is 0 Å². The van der Waals surface area contributed by atoms with Crippen LogP contribution in [0.5, 0.6) is 5.75 Å².